The lowest BCUT2D eigenvalue weighted by Crippen LogP contribution is -2.36. The molecule has 0 bridgehead atoms. The van der Waals surface area contributed by atoms with E-state index in [-0.39, 0.29) is 17.9 Å². The van der Waals surface area contributed by atoms with Crippen LogP contribution in [0.4, 0.5) is 11.4 Å². The first-order chi connectivity index (χ1) is 13.1. The van der Waals surface area contributed by atoms with Crippen LogP contribution >= 0.6 is 0 Å². The molecule has 0 atom stereocenters. The topological polar surface area (TPSA) is 84.2 Å². The van der Waals surface area contributed by atoms with Gasteiger partial charge in [-0.05, 0) is 55.2 Å². The highest BCUT2D eigenvalue weighted by atomic mass is 16.2. The summed E-state index contributed by atoms with van der Waals surface area (Å²) in [6, 6.07) is 14.9. The van der Waals surface area contributed by atoms with Gasteiger partial charge in [0.25, 0.3) is 5.91 Å². The number of hydrogen-bond acceptors (Lipinski definition) is 3. The van der Waals surface area contributed by atoms with Gasteiger partial charge in [-0.3, -0.25) is 9.59 Å². The van der Waals surface area contributed by atoms with Gasteiger partial charge in [-0.15, -0.1) is 0 Å². The Bertz CT molecular complexity index is 780. The molecule has 4 N–H and O–H groups in total. The third-order valence-electron chi connectivity index (χ3n) is 4.97. The van der Waals surface area contributed by atoms with E-state index >= 15 is 0 Å². The third-order valence-corrected chi connectivity index (χ3v) is 4.97. The first-order valence-corrected chi connectivity index (χ1v) is 9.65. The van der Waals surface area contributed by atoms with Crippen LogP contribution in [0, 0.1) is 0 Å². The first-order valence-electron chi connectivity index (χ1n) is 9.65. The molecule has 0 radical (unpaired) electrons. The molecule has 1 fully saturated rings. The van der Waals surface area contributed by atoms with Crippen LogP contribution in [0.15, 0.2) is 48.5 Å². The Balaban J connectivity index is 1.52. The Kier molecular flexibility index (Phi) is 6.47. The Labute approximate surface area is 160 Å². The van der Waals surface area contributed by atoms with Gasteiger partial charge in [0.05, 0.1) is 0 Å². The number of carbonyl (C=O) groups excluding carboxylic acids is 2. The summed E-state index contributed by atoms with van der Waals surface area (Å²) in [5, 5.41) is 5.98. The van der Waals surface area contributed by atoms with Gasteiger partial charge in [0, 0.05) is 29.4 Å². The number of benzene rings is 2. The second-order valence-electron chi connectivity index (χ2n) is 7.18. The van der Waals surface area contributed by atoms with Crippen molar-refractivity contribution in [1.82, 2.24) is 5.32 Å². The van der Waals surface area contributed by atoms with Crippen LogP contribution in [0.5, 0.6) is 0 Å². The minimum absolute atomic E-state index is 0.0696. The molecule has 5 heteroatoms. The number of carbonyl (C=O) groups is 2. The molecule has 0 saturated heterocycles. The number of nitrogens with one attached hydrogen (secondary N) is 2. The number of rotatable bonds is 6. The molecular weight excluding hydrogens is 338 g/mol. The zero-order chi connectivity index (χ0) is 19.1. The third kappa shape index (κ3) is 5.84. The molecule has 1 aliphatic carbocycles. The fourth-order valence-corrected chi connectivity index (χ4v) is 3.42. The van der Waals surface area contributed by atoms with Crippen LogP contribution in [0.3, 0.4) is 0 Å². The summed E-state index contributed by atoms with van der Waals surface area (Å²) in [5.41, 5.74) is 8.68. The maximum atomic E-state index is 12.5. The van der Waals surface area contributed by atoms with Crippen molar-refractivity contribution in [2.45, 2.75) is 51.0 Å². The maximum Gasteiger partial charge on any atom is 0.251 e. The molecule has 2 aromatic rings. The van der Waals surface area contributed by atoms with E-state index in [1.165, 1.54) is 19.3 Å². The van der Waals surface area contributed by atoms with Crippen molar-refractivity contribution in [2.75, 3.05) is 11.1 Å². The van der Waals surface area contributed by atoms with Gasteiger partial charge in [-0.25, -0.2) is 0 Å². The van der Waals surface area contributed by atoms with Crippen molar-refractivity contribution in [3.05, 3.63) is 59.7 Å². The average molecular weight is 365 g/mol. The molecule has 1 aliphatic rings. The van der Waals surface area contributed by atoms with Gasteiger partial charge < -0.3 is 16.4 Å². The predicted molar refractivity (Wildman–Crippen MR) is 109 cm³/mol. The van der Waals surface area contributed by atoms with E-state index in [1.807, 2.05) is 24.3 Å². The quantitative estimate of drug-likeness (QED) is 0.679. The van der Waals surface area contributed by atoms with Crippen molar-refractivity contribution in [1.29, 1.82) is 0 Å². The van der Waals surface area contributed by atoms with Gasteiger partial charge in [0.15, 0.2) is 0 Å². The molecule has 0 unspecified atom stereocenters. The van der Waals surface area contributed by atoms with Crippen LogP contribution < -0.4 is 16.4 Å². The lowest BCUT2D eigenvalue weighted by molar-refractivity contribution is -0.116. The Hall–Kier alpha value is -2.82. The van der Waals surface area contributed by atoms with Crippen LogP contribution in [-0.2, 0) is 11.2 Å². The molecule has 0 aliphatic heterocycles. The number of hydrogen-bond donors (Lipinski definition) is 3. The van der Waals surface area contributed by atoms with Crippen molar-refractivity contribution < 1.29 is 9.59 Å². The standard InChI is InChI=1S/C22H27N3O2/c23-18-12-9-16(10-13-18)11-14-21(26)24-20-8-4-5-17(15-20)22(27)25-19-6-2-1-3-7-19/h4-5,8-10,12-13,15,19H,1-3,6-7,11,14,23H2,(H,24,26)(H,25,27). The summed E-state index contributed by atoms with van der Waals surface area (Å²) in [5.74, 6) is -0.142. The fraction of sp³-hybridized carbons (Fsp3) is 0.364. The van der Waals surface area contributed by atoms with Crippen LogP contribution in [-0.4, -0.2) is 17.9 Å². The number of amides is 2. The molecule has 2 amide bonds. The van der Waals surface area contributed by atoms with Crippen LogP contribution in [0.25, 0.3) is 0 Å². The lowest BCUT2D eigenvalue weighted by atomic mass is 9.95. The largest absolute Gasteiger partial charge is 0.399 e. The van der Waals surface area contributed by atoms with Crippen molar-refractivity contribution in [3.63, 3.8) is 0 Å². The minimum Gasteiger partial charge on any atom is -0.399 e. The van der Waals surface area contributed by atoms with Gasteiger partial charge in [0.2, 0.25) is 5.91 Å². The number of nitrogen functional groups attached to an aromatic ring is 1. The lowest BCUT2D eigenvalue weighted by Gasteiger charge is -2.22. The Morgan fingerprint density at radius 3 is 2.48 bits per heavy atom. The Morgan fingerprint density at radius 2 is 1.74 bits per heavy atom. The maximum absolute atomic E-state index is 12.5. The zero-order valence-corrected chi connectivity index (χ0v) is 15.5. The molecule has 1 saturated carbocycles. The molecule has 0 spiro atoms. The van der Waals surface area contributed by atoms with E-state index in [2.05, 4.69) is 10.6 Å². The van der Waals surface area contributed by atoms with Crippen molar-refractivity contribution >= 4 is 23.2 Å². The molecule has 142 valence electrons. The first kappa shape index (κ1) is 19.0. The highest BCUT2D eigenvalue weighted by Crippen LogP contribution is 2.18. The molecule has 27 heavy (non-hydrogen) atoms. The highest BCUT2D eigenvalue weighted by Gasteiger charge is 2.17. The number of nitrogens with two attached hydrogens (primary N) is 1. The monoisotopic (exact) mass is 365 g/mol. The minimum atomic E-state index is -0.0725. The number of anilines is 2. The van der Waals surface area contributed by atoms with E-state index in [0.29, 0.717) is 29.8 Å². The fourth-order valence-electron chi connectivity index (χ4n) is 3.42. The number of aryl methyl sites for hydroxylation is 1. The molecule has 3 rings (SSSR count). The second kappa shape index (κ2) is 9.21. The SMILES string of the molecule is Nc1ccc(CCC(=O)Nc2cccc(C(=O)NC3CCCCC3)c2)cc1. The molecule has 0 heterocycles. The van der Waals surface area contributed by atoms with E-state index < -0.39 is 0 Å². The van der Waals surface area contributed by atoms with Gasteiger partial charge in [0.1, 0.15) is 0 Å². The van der Waals surface area contributed by atoms with Gasteiger partial charge >= 0.3 is 0 Å². The van der Waals surface area contributed by atoms with Crippen molar-refractivity contribution in [3.8, 4) is 0 Å². The molecule has 2 aromatic carbocycles. The highest BCUT2D eigenvalue weighted by molar-refractivity contribution is 5.97. The zero-order valence-electron chi connectivity index (χ0n) is 15.5. The summed E-state index contributed by atoms with van der Waals surface area (Å²) in [7, 11) is 0. The second-order valence-corrected chi connectivity index (χ2v) is 7.18. The summed E-state index contributed by atoms with van der Waals surface area (Å²) in [4.78, 5) is 24.7. The average Bonchev–Trinajstić information content (AvgIpc) is 2.68. The summed E-state index contributed by atoms with van der Waals surface area (Å²) >= 11 is 0. The van der Waals surface area contributed by atoms with Crippen LogP contribution in [0.2, 0.25) is 0 Å². The van der Waals surface area contributed by atoms with E-state index in [9.17, 15) is 9.59 Å². The van der Waals surface area contributed by atoms with Gasteiger partial charge in [-0.2, -0.15) is 0 Å². The predicted octanol–water partition coefficient (Wildman–Crippen LogP) is 3.90. The van der Waals surface area contributed by atoms with E-state index in [1.54, 1.807) is 24.3 Å². The molecule has 0 aromatic heterocycles. The summed E-state index contributed by atoms with van der Waals surface area (Å²) in [6.45, 7) is 0. The summed E-state index contributed by atoms with van der Waals surface area (Å²) in [6.07, 6.45) is 6.73. The van der Waals surface area contributed by atoms with Crippen molar-refractivity contribution in [2.24, 2.45) is 0 Å². The van der Waals surface area contributed by atoms with Gasteiger partial charge in [-0.1, -0.05) is 37.5 Å². The Morgan fingerprint density at radius 1 is 1.00 bits per heavy atom. The van der Waals surface area contributed by atoms with E-state index in [0.717, 1.165) is 18.4 Å². The normalized spacial score (nSPS) is 14.5. The molecular formula is C22H27N3O2. The smallest absolute Gasteiger partial charge is 0.251 e. The molecule has 5 nitrogen and oxygen atoms in total. The van der Waals surface area contributed by atoms with Crippen LogP contribution in [0.1, 0.15) is 54.4 Å². The summed E-state index contributed by atoms with van der Waals surface area (Å²) < 4.78 is 0. The van der Waals surface area contributed by atoms with E-state index in [4.69, 9.17) is 5.73 Å².